The number of hydrogen-bond donors (Lipinski definition) is 2. The molecule has 0 aromatic heterocycles. The monoisotopic (exact) mass is 365 g/mol. The number of aryl methyl sites for hydroxylation is 1. The molecule has 2 aromatic carbocycles. The summed E-state index contributed by atoms with van der Waals surface area (Å²) in [5.41, 5.74) is 2.25. The van der Waals surface area contributed by atoms with E-state index < -0.39 is 24.3 Å². The van der Waals surface area contributed by atoms with Crippen molar-refractivity contribution >= 4 is 29.3 Å². The van der Waals surface area contributed by atoms with Crippen LogP contribution in [0.2, 0.25) is 0 Å². The maximum atomic E-state index is 12.2. The first-order valence-electron chi connectivity index (χ1n) is 8.61. The number of fused-ring (bicyclic) bond motifs is 1. The van der Waals surface area contributed by atoms with Gasteiger partial charge in [-0.05, 0) is 30.2 Å². The van der Waals surface area contributed by atoms with E-state index in [2.05, 4.69) is 10.6 Å². The van der Waals surface area contributed by atoms with Gasteiger partial charge in [0.15, 0.2) is 0 Å². The first-order chi connectivity index (χ1) is 13.0. The van der Waals surface area contributed by atoms with Crippen molar-refractivity contribution in [3.05, 3.63) is 65.2 Å². The number of benzene rings is 2. The van der Waals surface area contributed by atoms with Crippen LogP contribution in [0.15, 0.2) is 48.5 Å². The van der Waals surface area contributed by atoms with Gasteiger partial charge in [0.2, 0.25) is 11.8 Å². The Morgan fingerprint density at radius 1 is 0.889 bits per heavy atom. The fourth-order valence-corrected chi connectivity index (χ4v) is 2.91. The summed E-state index contributed by atoms with van der Waals surface area (Å²) in [5, 5.41) is 5.18. The lowest BCUT2D eigenvalue weighted by molar-refractivity contribution is -0.124. The molecular formula is C20H19N3O4. The van der Waals surface area contributed by atoms with E-state index in [9.17, 15) is 19.2 Å². The quantitative estimate of drug-likeness (QED) is 0.760. The molecule has 0 aliphatic carbocycles. The average molecular weight is 365 g/mol. The van der Waals surface area contributed by atoms with E-state index in [0.717, 1.165) is 16.9 Å². The molecule has 7 nitrogen and oxygen atoms in total. The molecule has 1 heterocycles. The number of amides is 4. The summed E-state index contributed by atoms with van der Waals surface area (Å²) < 4.78 is 0. The predicted octanol–water partition coefficient (Wildman–Crippen LogP) is 1.60. The van der Waals surface area contributed by atoms with E-state index in [0.29, 0.717) is 5.69 Å². The van der Waals surface area contributed by atoms with Gasteiger partial charge in [0.05, 0.1) is 17.7 Å². The van der Waals surface area contributed by atoms with Crippen LogP contribution in [0.5, 0.6) is 0 Å². The Morgan fingerprint density at radius 2 is 1.48 bits per heavy atom. The first-order valence-corrected chi connectivity index (χ1v) is 8.61. The molecule has 2 N–H and O–H groups in total. The second kappa shape index (κ2) is 7.82. The van der Waals surface area contributed by atoms with Crippen LogP contribution in [0, 0.1) is 0 Å². The Labute approximate surface area is 156 Å². The van der Waals surface area contributed by atoms with Crippen LogP contribution >= 0.6 is 0 Å². The van der Waals surface area contributed by atoms with Crippen molar-refractivity contribution in [3.8, 4) is 0 Å². The highest BCUT2D eigenvalue weighted by Gasteiger charge is 2.36. The van der Waals surface area contributed by atoms with Crippen LogP contribution in [-0.4, -0.2) is 41.6 Å². The van der Waals surface area contributed by atoms with Crippen molar-refractivity contribution in [1.29, 1.82) is 0 Å². The van der Waals surface area contributed by atoms with Gasteiger partial charge in [0.1, 0.15) is 6.54 Å². The zero-order valence-electron chi connectivity index (χ0n) is 14.8. The topological polar surface area (TPSA) is 95.6 Å². The van der Waals surface area contributed by atoms with Gasteiger partial charge in [-0.15, -0.1) is 0 Å². The predicted molar refractivity (Wildman–Crippen MR) is 99.3 cm³/mol. The van der Waals surface area contributed by atoms with Crippen molar-refractivity contribution in [2.24, 2.45) is 0 Å². The van der Waals surface area contributed by atoms with Gasteiger partial charge in [0.25, 0.3) is 11.8 Å². The Bertz CT molecular complexity index is 888. The molecule has 0 saturated carbocycles. The third kappa shape index (κ3) is 3.87. The summed E-state index contributed by atoms with van der Waals surface area (Å²) in [6.07, 6.45) is 0.766. The molecule has 0 radical (unpaired) electrons. The number of rotatable bonds is 6. The number of para-hydroxylation sites is 1. The maximum absolute atomic E-state index is 12.2. The molecule has 0 bridgehead atoms. The SMILES string of the molecule is CCc1ccccc1NC(=O)CNC(=O)CN1C(=O)c2ccccc2C1=O. The smallest absolute Gasteiger partial charge is 0.262 e. The molecule has 138 valence electrons. The Balaban J connectivity index is 1.54. The number of carbonyl (C=O) groups is 4. The molecular weight excluding hydrogens is 346 g/mol. The summed E-state index contributed by atoms with van der Waals surface area (Å²) in [5.74, 6) is -1.98. The molecule has 2 aromatic rings. The van der Waals surface area contributed by atoms with E-state index in [1.54, 1.807) is 30.3 Å². The Morgan fingerprint density at radius 3 is 2.11 bits per heavy atom. The van der Waals surface area contributed by atoms with Gasteiger partial charge in [-0.3, -0.25) is 24.1 Å². The van der Waals surface area contributed by atoms with Crippen LogP contribution in [0.25, 0.3) is 0 Å². The maximum Gasteiger partial charge on any atom is 0.262 e. The highest BCUT2D eigenvalue weighted by Crippen LogP contribution is 2.21. The molecule has 0 saturated heterocycles. The fraction of sp³-hybridized carbons (Fsp3) is 0.200. The van der Waals surface area contributed by atoms with Crippen LogP contribution in [0.1, 0.15) is 33.2 Å². The minimum Gasteiger partial charge on any atom is -0.345 e. The lowest BCUT2D eigenvalue weighted by atomic mass is 10.1. The van der Waals surface area contributed by atoms with Gasteiger partial charge in [-0.25, -0.2) is 0 Å². The molecule has 0 unspecified atom stereocenters. The van der Waals surface area contributed by atoms with Gasteiger partial charge >= 0.3 is 0 Å². The summed E-state index contributed by atoms with van der Waals surface area (Å²) >= 11 is 0. The minimum absolute atomic E-state index is 0.250. The van der Waals surface area contributed by atoms with Crippen molar-refractivity contribution in [3.63, 3.8) is 0 Å². The summed E-state index contributed by atoms with van der Waals surface area (Å²) in [4.78, 5) is 49.5. The van der Waals surface area contributed by atoms with Crippen LogP contribution in [0.4, 0.5) is 5.69 Å². The zero-order chi connectivity index (χ0) is 19.4. The lowest BCUT2D eigenvalue weighted by Crippen LogP contribution is -2.42. The number of nitrogens with zero attached hydrogens (tertiary/aromatic N) is 1. The molecule has 27 heavy (non-hydrogen) atoms. The first kappa shape index (κ1) is 18.3. The van der Waals surface area contributed by atoms with E-state index in [1.165, 1.54) is 0 Å². The van der Waals surface area contributed by atoms with E-state index in [4.69, 9.17) is 0 Å². The standard InChI is InChI=1S/C20H19N3O4/c1-2-13-7-3-6-10-16(13)22-17(24)11-21-18(25)12-23-19(26)14-8-4-5-9-15(14)20(23)27/h3-10H,2,11-12H2,1H3,(H,21,25)(H,22,24). The van der Waals surface area contributed by atoms with Crippen molar-refractivity contribution in [2.75, 3.05) is 18.4 Å². The number of carbonyl (C=O) groups excluding carboxylic acids is 4. The number of imide groups is 1. The zero-order valence-corrected chi connectivity index (χ0v) is 14.8. The van der Waals surface area contributed by atoms with Crippen LogP contribution in [-0.2, 0) is 16.0 Å². The summed E-state index contributed by atoms with van der Waals surface area (Å²) in [7, 11) is 0. The number of anilines is 1. The van der Waals surface area contributed by atoms with Gasteiger partial charge in [-0.2, -0.15) is 0 Å². The molecule has 3 rings (SSSR count). The second-order valence-electron chi connectivity index (χ2n) is 6.08. The third-order valence-corrected chi connectivity index (χ3v) is 4.30. The van der Waals surface area contributed by atoms with Crippen LogP contribution in [0.3, 0.4) is 0 Å². The second-order valence-corrected chi connectivity index (χ2v) is 6.08. The molecule has 1 aliphatic rings. The normalized spacial score (nSPS) is 12.7. The fourth-order valence-electron chi connectivity index (χ4n) is 2.91. The van der Waals surface area contributed by atoms with E-state index in [1.807, 2.05) is 25.1 Å². The molecule has 0 atom stereocenters. The highest BCUT2D eigenvalue weighted by atomic mass is 16.2. The molecule has 4 amide bonds. The third-order valence-electron chi connectivity index (χ3n) is 4.30. The molecule has 0 fully saturated rings. The van der Waals surface area contributed by atoms with Crippen molar-refractivity contribution in [2.45, 2.75) is 13.3 Å². The number of hydrogen-bond acceptors (Lipinski definition) is 4. The molecule has 0 spiro atoms. The average Bonchev–Trinajstić information content (AvgIpc) is 2.92. The summed E-state index contributed by atoms with van der Waals surface area (Å²) in [6.45, 7) is 1.31. The van der Waals surface area contributed by atoms with E-state index >= 15 is 0 Å². The summed E-state index contributed by atoms with van der Waals surface area (Å²) in [6, 6.07) is 13.8. The van der Waals surface area contributed by atoms with Gasteiger partial charge in [-0.1, -0.05) is 37.3 Å². The van der Waals surface area contributed by atoms with Gasteiger partial charge in [0, 0.05) is 5.69 Å². The van der Waals surface area contributed by atoms with Crippen molar-refractivity contribution < 1.29 is 19.2 Å². The largest absolute Gasteiger partial charge is 0.345 e. The number of nitrogens with one attached hydrogen (secondary N) is 2. The van der Waals surface area contributed by atoms with Crippen molar-refractivity contribution in [1.82, 2.24) is 10.2 Å². The minimum atomic E-state index is -0.580. The molecule has 7 heteroatoms. The van der Waals surface area contributed by atoms with Crippen LogP contribution < -0.4 is 10.6 Å². The highest BCUT2D eigenvalue weighted by molar-refractivity contribution is 6.22. The van der Waals surface area contributed by atoms with E-state index in [-0.39, 0.29) is 23.6 Å². The van der Waals surface area contributed by atoms with Gasteiger partial charge < -0.3 is 10.6 Å². The Hall–Kier alpha value is -3.48. The lowest BCUT2D eigenvalue weighted by Gasteiger charge is -2.14. The molecule has 1 aliphatic heterocycles. The Kier molecular flexibility index (Phi) is 5.30.